The number of hydrogen-bond donors (Lipinski definition) is 1. The van der Waals surface area contributed by atoms with Crippen molar-refractivity contribution in [3.05, 3.63) is 41.3 Å². The lowest BCUT2D eigenvalue weighted by Crippen LogP contribution is -2.11. The zero-order chi connectivity index (χ0) is 14.2. The van der Waals surface area contributed by atoms with E-state index in [1.165, 1.54) is 12.1 Å². The van der Waals surface area contributed by atoms with Gasteiger partial charge in [0.1, 0.15) is 5.82 Å². The summed E-state index contributed by atoms with van der Waals surface area (Å²) in [5, 5.41) is 0. The van der Waals surface area contributed by atoms with Crippen LogP contribution in [0.4, 0.5) is 23.5 Å². The summed E-state index contributed by atoms with van der Waals surface area (Å²) in [7, 11) is 0. The van der Waals surface area contributed by atoms with Gasteiger partial charge in [-0.15, -0.1) is 0 Å². The van der Waals surface area contributed by atoms with Crippen molar-refractivity contribution in [2.24, 2.45) is 0 Å². The molecule has 0 radical (unpaired) electrons. The molecule has 0 saturated carbocycles. The molecule has 0 amide bonds. The van der Waals surface area contributed by atoms with Crippen LogP contribution in [0.5, 0.6) is 0 Å². The third-order valence-electron chi connectivity index (χ3n) is 2.50. The number of nitrogens with zero attached hydrogens (tertiary/aromatic N) is 2. The summed E-state index contributed by atoms with van der Waals surface area (Å²) in [6.07, 6.45) is -4.63. The van der Waals surface area contributed by atoms with E-state index >= 15 is 0 Å². The van der Waals surface area contributed by atoms with Gasteiger partial charge in [0.2, 0.25) is 5.95 Å². The number of alkyl halides is 3. The Balaban J connectivity index is 2.56. The quantitative estimate of drug-likeness (QED) is 0.810. The van der Waals surface area contributed by atoms with Crippen molar-refractivity contribution in [2.75, 3.05) is 5.73 Å². The van der Waals surface area contributed by atoms with E-state index in [4.69, 9.17) is 5.73 Å². The molecule has 0 unspecified atom stereocenters. The van der Waals surface area contributed by atoms with Gasteiger partial charge in [0.05, 0.1) is 5.69 Å². The number of rotatable bonds is 1. The van der Waals surface area contributed by atoms with Crippen molar-refractivity contribution in [1.29, 1.82) is 0 Å². The average Bonchev–Trinajstić information content (AvgIpc) is 2.31. The molecule has 2 aromatic rings. The Morgan fingerprint density at radius 3 is 2.37 bits per heavy atom. The van der Waals surface area contributed by atoms with Crippen LogP contribution in [0.15, 0.2) is 24.3 Å². The van der Waals surface area contributed by atoms with Gasteiger partial charge in [0.25, 0.3) is 0 Å². The van der Waals surface area contributed by atoms with E-state index in [9.17, 15) is 17.6 Å². The van der Waals surface area contributed by atoms with Gasteiger partial charge in [0, 0.05) is 5.56 Å². The Kier molecular flexibility index (Phi) is 3.13. The topological polar surface area (TPSA) is 51.8 Å². The van der Waals surface area contributed by atoms with Gasteiger partial charge in [0.15, 0.2) is 5.69 Å². The van der Waals surface area contributed by atoms with E-state index in [1.807, 2.05) is 0 Å². The summed E-state index contributed by atoms with van der Waals surface area (Å²) in [6.45, 7) is 1.55. The fraction of sp³-hybridized carbons (Fsp3) is 0.167. The van der Waals surface area contributed by atoms with Gasteiger partial charge >= 0.3 is 6.18 Å². The number of aryl methyl sites for hydroxylation is 1. The maximum absolute atomic E-state index is 13.4. The van der Waals surface area contributed by atoms with Crippen molar-refractivity contribution >= 4 is 5.95 Å². The predicted octanol–water partition coefficient (Wildman–Crippen LogP) is 3.19. The van der Waals surface area contributed by atoms with Crippen LogP contribution in [0.25, 0.3) is 11.3 Å². The van der Waals surface area contributed by atoms with E-state index in [1.54, 1.807) is 6.92 Å². The number of halogens is 4. The molecule has 0 aliphatic carbocycles. The number of nitrogens with two attached hydrogens (primary N) is 1. The van der Waals surface area contributed by atoms with Crippen LogP contribution >= 0.6 is 0 Å². The Hall–Kier alpha value is -2.18. The highest BCUT2D eigenvalue weighted by Crippen LogP contribution is 2.30. The highest BCUT2D eigenvalue weighted by atomic mass is 19.4. The summed E-state index contributed by atoms with van der Waals surface area (Å²) in [4.78, 5) is 6.81. The van der Waals surface area contributed by atoms with E-state index in [-0.39, 0.29) is 11.3 Å². The molecular weight excluding hydrogens is 262 g/mol. The van der Waals surface area contributed by atoms with Crippen LogP contribution in [0.3, 0.4) is 0 Å². The first-order valence-corrected chi connectivity index (χ1v) is 5.25. The molecule has 3 nitrogen and oxygen atoms in total. The largest absolute Gasteiger partial charge is 0.433 e. The lowest BCUT2D eigenvalue weighted by atomic mass is 10.1. The van der Waals surface area contributed by atoms with E-state index in [2.05, 4.69) is 9.97 Å². The molecule has 0 aliphatic heterocycles. The van der Waals surface area contributed by atoms with E-state index in [0.29, 0.717) is 5.56 Å². The minimum absolute atomic E-state index is 0.0706. The van der Waals surface area contributed by atoms with Crippen LogP contribution in [-0.4, -0.2) is 9.97 Å². The molecule has 0 spiro atoms. The molecular formula is C12H9F4N3. The van der Waals surface area contributed by atoms with Crippen molar-refractivity contribution in [1.82, 2.24) is 9.97 Å². The van der Waals surface area contributed by atoms with Crippen molar-refractivity contribution in [3.8, 4) is 11.3 Å². The average molecular weight is 271 g/mol. The fourth-order valence-electron chi connectivity index (χ4n) is 1.51. The second-order valence-corrected chi connectivity index (χ2v) is 3.96. The smallest absolute Gasteiger partial charge is 0.368 e. The summed E-state index contributed by atoms with van der Waals surface area (Å²) < 4.78 is 51.2. The maximum atomic E-state index is 13.4. The minimum Gasteiger partial charge on any atom is -0.368 e. The molecule has 0 atom stereocenters. The lowest BCUT2D eigenvalue weighted by molar-refractivity contribution is -0.141. The molecule has 1 aromatic carbocycles. The Morgan fingerprint density at radius 2 is 1.79 bits per heavy atom. The summed E-state index contributed by atoms with van der Waals surface area (Å²) in [5.41, 5.74) is 4.62. The Bertz CT molecular complexity index is 623. The SMILES string of the molecule is Cc1ccc(-c2cc(C(F)(F)F)nc(N)n2)cc1F. The zero-order valence-electron chi connectivity index (χ0n) is 9.79. The van der Waals surface area contributed by atoms with Crippen LogP contribution in [-0.2, 0) is 6.18 Å². The molecule has 100 valence electrons. The highest BCUT2D eigenvalue weighted by molar-refractivity contribution is 5.61. The summed E-state index contributed by atoms with van der Waals surface area (Å²) in [6, 6.07) is 4.77. The van der Waals surface area contributed by atoms with Gasteiger partial charge in [-0.1, -0.05) is 12.1 Å². The molecule has 2 rings (SSSR count). The number of nitrogen functional groups attached to an aromatic ring is 1. The summed E-state index contributed by atoms with van der Waals surface area (Å²) in [5.74, 6) is -1.03. The number of hydrogen-bond acceptors (Lipinski definition) is 3. The van der Waals surface area contributed by atoms with Gasteiger partial charge < -0.3 is 5.73 Å². The third kappa shape index (κ3) is 2.81. The van der Waals surface area contributed by atoms with Crippen LogP contribution < -0.4 is 5.73 Å². The first-order valence-electron chi connectivity index (χ1n) is 5.25. The summed E-state index contributed by atoms with van der Waals surface area (Å²) >= 11 is 0. The predicted molar refractivity (Wildman–Crippen MR) is 61.6 cm³/mol. The number of benzene rings is 1. The van der Waals surface area contributed by atoms with Crippen LogP contribution in [0, 0.1) is 12.7 Å². The molecule has 0 saturated heterocycles. The molecule has 0 bridgehead atoms. The lowest BCUT2D eigenvalue weighted by Gasteiger charge is -2.09. The standard InChI is InChI=1S/C12H9F4N3/c1-6-2-3-7(4-8(6)13)9-5-10(12(14,15)16)19-11(17)18-9/h2-5H,1H3,(H2,17,18,19). The molecule has 19 heavy (non-hydrogen) atoms. The Morgan fingerprint density at radius 1 is 1.11 bits per heavy atom. The van der Waals surface area contributed by atoms with Gasteiger partial charge in [-0.25, -0.2) is 14.4 Å². The Labute approximate surface area is 106 Å². The first-order chi connectivity index (χ1) is 8.77. The molecule has 1 aromatic heterocycles. The van der Waals surface area contributed by atoms with Gasteiger partial charge in [-0.05, 0) is 24.6 Å². The monoisotopic (exact) mass is 271 g/mol. The maximum Gasteiger partial charge on any atom is 0.433 e. The van der Waals surface area contributed by atoms with Crippen molar-refractivity contribution < 1.29 is 17.6 Å². The number of aromatic nitrogens is 2. The third-order valence-corrected chi connectivity index (χ3v) is 2.50. The van der Waals surface area contributed by atoms with E-state index < -0.39 is 23.6 Å². The fourth-order valence-corrected chi connectivity index (χ4v) is 1.51. The van der Waals surface area contributed by atoms with Crippen LogP contribution in [0.2, 0.25) is 0 Å². The molecule has 7 heteroatoms. The van der Waals surface area contributed by atoms with E-state index in [0.717, 1.165) is 12.1 Å². The van der Waals surface area contributed by atoms with Crippen molar-refractivity contribution in [3.63, 3.8) is 0 Å². The number of anilines is 1. The molecule has 1 heterocycles. The zero-order valence-corrected chi connectivity index (χ0v) is 9.79. The van der Waals surface area contributed by atoms with Crippen molar-refractivity contribution in [2.45, 2.75) is 13.1 Å². The molecule has 0 fully saturated rings. The second kappa shape index (κ2) is 4.49. The molecule has 2 N–H and O–H groups in total. The first kappa shape index (κ1) is 13.3. The normalized spacial score (nSPS) is 11.6. The van der Waals surface area contributed by atoms with Gasteiger partial charge in [-0.2, -0.15) is 13.2 Å². The minimum atomic E-state index is -4.63. The molecule has 0 aliphatic rings. The van der Waals surface area contributed by atoms with Gasteiger partial charge in [-0.3, -0.25) is 0 Å². The second-order valence-electron chi connectivity index (χ2n) is 3.96. The highest BCUT2D eigenvalue weighted by Gasteiger charge is 2.33. The van der Waals surface area contributed by atoms with Crippen LogP contribution in [0.1, 0.15) is 11.3 Å².